The molecule has 0 bridgehead atoms. The summed E-state index contributed by atoms with van der Waals surface area (Å²) in [5.41, 5.74) is 0. The number of nitrogens with zero attached hydrogens (tertiary/aromatic N) is 1. The Morgan fingerprint density at radius 2 is 1.91 bits per heavy atom. The number of rotatable bonds is 8. The van der Waals surface area contributed by atoms with Gasteiger partial charge in [-0.15, -0.1) is 11.8 Å². The average Bonchev–Trinajstić information content (AvgIpc) is 2.47. The molecule has 1 atom stereocenters. The lowest BCUT2D eigenvalue weighted by Crippen LogP contribution is -2.41. The second-order valence-electron chi connectivity index (χ2n) is 5.19. The molecule has 0 spiro atoms. The molecule has 0 saturated carbocycles. The van der Waals surface area contributed by atoms with Crippen molar-refractivity contribution in [1.82, 2.24) is 9.62 Å². The standard InChI is InChI=1S/C15H24N2O3S2/c1-5-6-12(2)16-15(18)11-17(3)22(19,20)14-9-7-13(21-4)8-10-14/h7-10,12H,5-6,11H2,1-4H3,(H,16,18)/t12-/m1/s1. The maximum atomic E-state index is 12.4. The number of hydrogen-bond acceptors (Lipinski definition) is 4. The lowest BCUT2D eigenvalue weighted by atomic mass is 10.2. The number of carbonyl (C=O) groups excluding carboxylic acids is 1. The SMILES string of the molecule is CCC[C@@H](C)NC(=O)CN(C)S(=O)(=O)c1ccc(SC)cc1. The van der Waals surface area contributed by atoms with Gasteiger partial charge >= 0.3 is 0 Å². The third-order valence-corrected chi connectivity index (χ3v) is 5.82. The van der Waals surface area contributed by atoms with E-state index in [1.807, 2.05) is 20.1 Å². The predicted octanol–water partition coefficient (Wildman–Crippen LogP) is 2.33. The van der Waals surface area contributed by atoms with E-state index in [4.69, 9.17) is 0 Å². The quantitative estimate of drug-likeness (QED) is 0.735. The van der Waals surface area contributed by atoms with Crippen LogP contribution < -0.4 is 5.32 Å². The molecule has 1 amide bonds. The summed E-state index contributed by atoms with van der Waals surface area (Å²) in [6.07, 6.45) is 3.77. The predicted molar refractivity (Wildman–Crippen MR) is 90.6 cm³/mol. The lowest BCUT2D eigenvalue weighted by molar-refractivity contribution is -0.121. The molecule has 1 aromatic carbocycles. The van der Waals surface area contributed by atoms with Crippen LogP contribution in [0.4, 0.5) is 0 Å². The van der Waals surface area contributed by atoms with Crippen molar-refractivity contribution in [2.75, 3.05) is 19.8 Å². The highest BCUT2D eigenvalue weighted by atomic mass is 32.2. The molecule has 1 aromatic rings. The Bertz CT molecular complexity index is 585. The Labute approximate surface area is 137 Å². The Hall–Kier alpha value is -1.05. The van der Waals surface area contributed by atoms with Crippen molar-refractivity contribution in [3.63, 3.8) is 0 Å². The minimum atomic E-state index is -3.64. The van der Waals surface area contributed by atoms with Crippen LogP contribution in [0.25, 0.3) is 0 Å². The molecule has 0 aliphatic rings. The first-order valence-electron chi connectivity index (χ1n) is 7.21. The van der Waals surface area contributed by atoms with Gasteiger partial charge in [-0.2, -0.15) is 4.31 Å². The van der Waals surface area contributed by atoms with E-state index in [1.165, 1.54) is 7.05 Å². The summed E-state index contributed by atoms with van der Waals surface area (Å²) in [6, 6.07) is 6.70. The summed E-state index contributed by atoms with van der Waals surface area (Å²) in [7, 11) is -2.23. The molecule has 5 nitrogen and oxygen atoms in total. The molecule has 0 aliphatic heterocycles. The molecule has 124 valence electrons. The van der Waals surface area contributed by atoms with Crippen molar-refractivity contribution in [3.05, 3.63) is 24.3 Å². The van der Waals surface area contributed by atoms with Crippen LogP contribution in [0, 0.1) is 0 Å². The highest BCUT2D eigenvalue weighted by Gasteiger charge is 2.23. The van der Waals surface area contributed by atoms with Crippen molar-refractivity contribution in [2.24, 2.45) is 0 Å². The average molecular weight is 345 g/mol. The second-order valence-corrected chi connectivity index (χ2v) is 8.12. The Morgan fingerprint density at radius 1 is 1.32 bits per heavy atom. The third-order valence-electron chi connectivity index (χ3n) is 3.26. The molecule has 22 heavy (non-hydrogen) atoms. The van der Waals surface area contributed by atoms with Gasteiger partial charge in [0.1, 0.15) is 0 Å². The van der Waals surface area contributed by atoms with Crippen molar-refractivity contribution >= 4 is 27.7 Å². The van der Waals surface area contributed by atoms with Gasteiger partial charge in [0.05, 0.1) is 11.4 Å². The van der Waals surface area contributed by atoms with Gasteiger partial charge in [-0.1, -0.05) is 13.3 Å². The topological polar surface area (TPSA) is 66.5 Å². The first kappa shape index (κ1) is 19.0. The molecular formula is C15H24N2O3S2. The molecule has 1 N–H and O–H groups in total. The van der Waals surface area contributed by atoms with E-state index in [2.05, 4.69) is 5.32 Å². The molecule has 0 heterocycles. The van der Waals surface area contributed by atoms with Gasteiger partial charge in [-0.25, -0.2) is 8.42 Å². The number of likely N-dealkylation sites (N-methyl/N-ethyl adjacent to an activating group) is 1. The summed E-state index contributed by atoms with van der Waals surface area (Å²) < 4.78 is 25.9. The largest absolute Gasteiger partial charge is 0.353 e. The van der Waals surface area contributed by atoms with Gasteiger partial charge in [0, 0.05) is 18.0 Å². The molecule has 0 unspecified atom stereocenters. The zero-order valence-electron chi connectivity index (χ0n) is 13.5. The molecule has 0 saturated heterocycles. The van der Waals surface area contributed by atoms with Crippen molar-refractivity contribution in [2.45, 2.75) is 42.5 Å². The molecule has 7 heteroatoms. The van der Waals surface area contributed by atoms with Crippen LogP contribution >= 0.6 is 11.8 Å². The number of amides is 1. The molecule has 0 aromatic heterocycles. The number of carbonyl (C=O) groups is 1. The maximum Gasteiger partial charge on any atom is 0.243 e. The van der Waals surface area contributed by atoms with Crippen LogP contribution in [0.3, 0.4) is 0 Å². The van der Waals surface area contributed by atoms with Crippen LogP contribution in [0.2, 0.25) is 0 Å². The van der Waals surface area contributed by atoms with Crippen LogP contribution in [0.5, 0.6) is 0 Å². The van der Waals surface area contributed by atoms with Gasteiger partial charge < -0.3 is 5.32 Å². The van der Waals surface area contributed by atoms with Crippen LogP contribution in [0.15, 0.2) is 34.1 Å². The minimum Gasteiger partial charge on any atom is -0.353 e. The smallest absolute Gasteiger partial charge is 0.243 e. The van der Waals surface area contributed by atoms with E-state index < -0.39 is 10.0 Å². The Morgan fingerprint density at radius 3 is 2.41 bits per heavy atom. The van der Waals surface area contributed by atoms with E-state index >= 15 is 0 Å². The van der Waals surface area contributed by atoms with Crippen molar-refractivity contribution in [3.8, 4) is 0 Å². The highest BCUT2D eigenvalue weighted by molar-refractivity contribution is 7.98. The zero-order chi connectivity index (χ0) is 16.8. The summed E-state index contributed by atoms with van der Waals surface area (Å²) in [5, 5.41) is 2.81. The van der Waals surface area contributed by atoms with Crippen molar-refractivity contribution < 1.29 is 13.2 Å². The van der Waals surface area contributed by atoms with Crippen LogP contribution in [-0.2, 0) is 14.8 Å². The molecular weight excluding hydrogens is 320 g/mol. The summed E-state index contributed by atoms with van der Waals surface area (Å²) in [6.45, 7) is 3.77. The number of benzene rings is 1. The Kier molecular flexibility index (Phi) is 7.38. The van der Waals surface area contributed by atoms with E-state index in [0.29, 0.717) is 0 Å². The van der Waals surface area contributed by atoms with Gasteiger partial charge in [0.15, 0.2) is 0 Å². The summed E-state index contributed by atoms with van der Waals surface area (Å²) in [5.74, 6) is -0.284. The molecule has 0 fully saturated rings. The third kappa shape index (κ3) is 5.30. The van der Waals surface area contributed by atoms with E-state index in [9.17, 15) is 13.2 Å². The lowest BCUT2D eigenvalue weighted by Gasteiger charge is -2.19. The maximum absolute atomic E-state index is 12.4. The van der Waals surface area contributed by atoms with Crippen LogP contribution in [-0.4, -0.2) is 44.5 Å². The number of nitrogens with one attached hydrogen (secondary N) is 1. The normalized spacial score (nSPS) is 13.1. The molecule has 0 radical (unpaired) electrons. The van der Waals surface area contributed by atoms with E-state index in [1.54, 1.807) is 36.0 Å². The zero-order valence-corrected chi connectivity index (χ0v) is 15.1. The first-order chi connectivity index (χ1) is 10.3. The molecule has 1 rings (SSSR count). The van der Waals surface area contributed by atoms with Gasteiger partial charge in [0.25, 0.3) is 0 Å². The molecule has 0 aliphatic carbocycles. The number of sulfonamides is 1. The van der Waals surface area contributed by atoms with Gasteiger partial charge in [-0.3, -0.25) is 4.79 Å². The number of thioether (sulfide) groups is 1. The fraction of sp³-hybridized carbons (Fsp3) is 0.533. The minimum absolute atomic E-state index is 0.0504. The van der Waals surface area contributed by atoms with Crippen molar-refractivity contribution in [1.29, 1.82) is 0 Å². The van der Waals surface area contributed by atoms with Gasteiger partial charge in [0.2, 0.25) is 15.9 Å². The summed E-state index contributed by atoms with van der Waals surface area (Å²) >= 11 is 1.55. The van der Waals surface area contributed by atoms with Gasteiger partial charge in [-0.05, 0) is 43.9 Å². The monoisotopic (exact) mass is 344 g/mol. The second kappa shape index (κ2) is 8.55. The summed E-state index contributed by atoms with van der Waals surface area (Å²) in [4.78, 5) is 13.1. The fourth-order valence-corrected chi connectivity index (χ4v) is 3.58. The van der Waals surface area contributed by atoms with E-state index in [0.717, 1.165) is 22.0 Å². The first-order valence-corrected chi connectivity index (χ1v) is 9.87. The van der Waals surface area contributed by atoms with E-state index in [-0.39, 0.29) is 23.4 Å². The highest BCUT2D eigenvalue weighted by Crippen LogP contribution is 2.19. The fourth-order valence-electron chi connectivity index (χ4n) is 2.04. The Balaban J connectivity index is 2.73. The number of hydrogen-bond donors (Lipinski definition) is 1. The van der Waals surface area contributed by atoms with Crippen LogP contribution in [0.1, 0.15) is 26.7 Å².